The standard InChI is InChI=1S/C30H46O5/c1-16(2)17(3)8-9-18(4)22-10-11-23-21-13-26-30(35-26)14-20(32)12-25(33)29(30,7)27(21)24(34-19(5)31)15-28(22,23)6/h8-9,16-18,20-24,26-27,32H,10-15H2,1-7H3/b9-8+/t17-,18+,20+,21-,22+,23-,24+,26+,27+,28+,29+,30+/m0/s1. The highest BCUT2D eigenvalue weighted by Gasteiger charge is 2.80. The number of esters is 1. The van der Waals surface area contributed by atoms with Gasteiger partial charge in [-0.2, -0.15) is 0 Å². The van der Waals surface area contributed by atoms with Crippen molar-refractivity contribution in [1.29, 1.82) is 0 Å². The van der Waals surface area contributed by atoms with E-state index in [1.54, 1.807) is 0 Å². The summed E-state index contributed by atoms with van der Waals surface area (Å²) in [6.07, 6.45) is 8.73. The van der Waals surface area contributed by atoms with Gasteiger partial charge in [-0.1, -0.05) is 46.8 Å². The van der Waals surface area contributed by atoms with E-state index in [0.717, 1.165) is 12.8 Å². The zero-order valence-corrected chi connectivity index (χ0v) is 22.8. The molecule has 5 fully saturated rings. The first-order chi connectivity index (χ1) is 16.3. The minimum Gasteiger partial charge on any atom is -0.462 e. The van der Waals surface area contributed by atoms with Crippen LogP contribution in [0.25, 0.3) is 0 Å². The van der Waals surface area contributed by atoms with Gasteiger partial charge < -0.3 is 14.6 Å². The first-order valence-electron chi connectivity index (χ1n) is 14.1. The normalized spacial score (nSPS) is 50.2. The minimum atomic E-state index is -0.697. The van der Waals surface area contributed by atoms with E-state index in [2.05, 4.69) is 53.7 Å². The molecule has 5 rings (SSSR count). The number of hydrogen-bond acceptors (Lipinski definition) is 5. The number of allylic oxidation sites excluding steroid dienone is 2. The molecule has 1 aliphatic heterocycles. The van der Waals surface area contributed by atoms with Crippen molar-refractivity contribution in [3.8, 4) is 0 Å². The second kappa shape index (κ2) is 8.41. The Kier molecular flexibility index (Phi) is 6.12. The van der Waals surface area contributed by atoms with Crippen LogP contribution in [0, 0.1) is 52.3 Å². The smallest absolute Gasteiger partial charge is 0.302 e. The van der Waals surface area contributed by atoms with Crippen molar-refractivity contribution >= 4 is 11.8 Å². The van der Waals surface area contributed by atoms with Crippen molar-refractivity contribution in [2.75, 3.05) is 0 Å². The molecule has 12 atom stereocenters. The third-order valence-corrected chi connectivity index (χ3v) is 11.6. The lowest BCUT2D eigenvalue weighted by molar-refractivity contribution is -0.194. The maximum absolute atomic E-state index is 13.6. The Bertz CT molecular complexity index is 910. The Labute approximate surface area is 211 Å². The predicted molar refractivity (Wildman–Crippen MR) is 134 cm³/mol. The molecule has 35 heavy (non-hydrogen) atoms. The van der Waals surface area contributed by atoms with Gasteiger partial charge in [-0.05, 0) is 73.5 Å². The lowest BCUT2D eigenvalue weighted by Gasteiger charge is -2.60. The maximum atomic E-state index is 13.6. The van der Waals surface area contributed by atoms with Crippen molar-refractivity contribution < 1.29 is 24.2 Å². The molecular weight excluding hydrogens is 440 g/mol. The molecule has 5 heteroatoms. The first kappa shape index (κ1) is 25.4. The number of rotatable bonds is 5. The van der Waals surface area contributed by atoms with E-state index in [1.165, 1.54) is 19.8 Å². The van der Waals surface area contributed by atoms with Crippen LogP contribution < -0.4 is 0 Å². The van der Waals surface area contributed by atoms with E-state index in [4.69, 9.17) is 9.47 Å². The number of carbonyl (C=O) groups is 2. The first-order valence-corrected chi connectivity index (χ1v) is 14.1. The number of fused-ring (bicyclic) bond motifs is 4. The molecular formula is C30H46O5. The maximum Gasteiger partial charge on any atom is 0.302 e. The molecule has 0 radical (unpaired) electrons. The summed E-state index contributed by atoms with van der Waals surface area (Å²) in [4.78, 5) is 26.0. The number of ketones is 1. The summed E-state index contributed by atoms with van der Waals surface area (Å²) in [5.74, 6) is 2.79. The molecule has 196 valence electrons. The molecule has 5 nitrogen and oxygen atoms in total. The molecule has 0 aromatic carbocycles. The largest absolute Gasteiger partial charge is 0.462 e. The van der Waals surface area contributed by atoms with Gasteiger partial charge in [0.05, 0.1) is 17.6 Å². The Hall–Kier alpha value is -1.20. The van der Waals surface area contributed by atoms with Crippen LogP contribution in [-0.4, -0.2) is 40.8 Å². The number of aliphatic hydroxyl groups excluding tert-OH is 1. The van der Waals surface area contributed by atoms with E-state index in [9.17, 15) is 14.7 Å². The van der Waals surface area contributed by atoms with Crippen LogP contribution in [0.2, 0.25) is 0 Å². The van der Waals surface area contributed by atoms with Crippen molar-refractivity contribution in [3.05, 3.63) is 12.2 Å². The zero-order chi connectivity index (χ0) is 25.5. The number of Topliss-reactive ketones (excluding diaryl/α,β-unsaturated/α-hetero) is 1. The molecule has 1 heterocycles. The highest BCUT2D eigenvalue weighted by Crippen LogP contribution is 2.73. The van der Waals surface area contributed by atoms with Crippen LogP contribution >= 0.6 is 0 Å². The number of ether oxygens (including phenoxy) is 2. The van der Waals surface area contributed by atoms with E-state index in [-0.39, 0.29) is 41.7 Å². The van der Waals surface area contributed by atoms with Gasteiger partial charge in [0.25, 0.3) is 0 Å². The highest BCUT2D eigenvalue weighted by atomic mass is 16.6. The molecule has 0 amide bonds. The average Bonchev–Trinajstić information content (AvgIpc) is 3.34. The van der Waals surface area contributed by atoms with Crippen molar-refractivity contribution in [2.45, 2.75) is 111 Å². The summed E-state index contributed by atoms with van der Waals surface area (Å²) in [5, 5.41) is 10.5. The van der Waals surface area contributed by atoms with Crippen LogP contribution in [0.15, 0.2) is 12.2 Å². The van der Waals surface area contributed by atoms with Crippen molar-refractivity contribution in [2.24, 2.45) is 52.3 Å². The predicted octanol–water partition coefficient (Wildman–Crippen LogP) is 5.34. The van der Waals surface area contributed by atoms with E-state index < -0.39 is 17.1 Å². The van der Waals surface area contributed by atoms with Crippen LogP contribution in [0.1, 0.15) is 87.0 Å². The highest BCUT2D eigenvalue weighted by molar-refractivity contribution is 5.89. The summed E-state index contributed by atoms with van der Waals surface area (Å²) in [6.45, 7) is 15.2. The molecule has 0 aromatic heterocycles. The van der Waals surface area contributed by atoms with Gasteiger partial charge >= 0.3 is 5.97 Å². The Morgan fingerprint density at radius 3 is 2.51 bits per heavy atom. The fourth-order valence-electron chi connectivity index (χ4n) is 9.50. The number of aliphatic hydroxyl groups is 1. The fraction of sp³-hybridized carbons (Fsp3) is 0.867. The molecule has 4 aliphatic carbocycles. The van der Waals surface area contributed by atoms with Gasteiger partial charge in [0.2, 0.25) is 0 Å². The molecule has 4 saturated carbocycles. The second-order valence-corrected chi connectivity index (χ2v) is 13.6. The molecule has 5 aliphatic rings. The molecule has 0 aromatic rings. The van der Waals surface area contributed by atoms with Crippen LogP contribution in [0.3, 0.4) is 0 Å². The lowest BCUT2D eigenvalue weighted by Crippen LogP contribution is -2.66. The Morgan fingerprint density at radius 1 is 1.14 bits per heavy atom. The number of hydrogen-bond donors (Lipinski definition) is 1. The molecule has 1 saturated heterocycles. The third-order valence-electron chi connectivity index (χ3n) is 11.6. The molecule has 1 spiro atoms. The molecule has 0 bridgehead atoms. The fourth-order valence-corrected chi connectivity index (χ4v) is 9.50. The Morgan fingerprint density at radius 2 is 1.86 bits per heavy atom. The summed E-state index contributed by atoms with van der Waals surface area (Å²) in [7, 11) is 0. The summed E-state index contributed by atoms with van der Waals surface area (Å²) < 4.78 is 12.5. The quantitative estimate of drug-likeness (QED) is 0.322. The van der Waals surface area contributed by atoms with Crippen LogP contribution in [0.5, 0.6) is 0 Å². The summed E-state index contributed by atoms with van der Waals surface area (Å²) in [6, 6.07) is 0. The van der Waals surface area contributed by atoms with E-state index >= 15 is 0 Å². The summed E-state index contributed by atoms with van der Waals surface area (Å²) >= 11 is 0. The van der Waals surface area contributed by atoms with Gasteiger partial charge in [0.15, 0.2) is 0 Å². The average molecular weight is 487 g/mol. The van der Waals surface area contributed by atoms with Crippen LogP contribution in [0.4, 0.5) is 0 Å². The number of carbonyl (C=O) groups excluding carboxylic acids is 2. The van der Waals surface area contributed by atoms with Crippen molar-refractivity contribution in [1.82, 2.24) is 0 Å². The summed E-state index contributed by atoms with van der Waals surface area (Å²) in [5.41, 5.74) is -1.21. The molecule has 0 unspecified atom stereocenters. The third kappa shape index (κ3) is 3.61. The topological polar surface area (TPSA) is 76.1 Å². The van der Waals surface area contributed by atoms with Gasteiger partial charge in [0, 0.05) is 25.7 Å². The van der Waals surface area contributed by atoms with Crippen LogP contribution in [-0.2, 0) is 19.1 Å². The van der Waals surface area contributed by atoms with Crippen molar-refractivity contribution in [3.63, 3.8) is 0 Å². The monoisotopic (exact) mass is 486 g/mol. The minimum absolute atomic E-state index is 0.0335. The lowest BCUT2D eigenvalue weighted by atomic mass is 9.43. The van der Waals surface area contributed by atoms with E-state index in [0.29, 0.717) is 41.9 Å². The Balaban J connectivity index is 1.49. The van der Waals surface area contributed by atoms with Gasteiger partial charge in [-0.25, -0.2) is 0 Å². The van der Waals surface area contributed by atoms with Gasteiger partial charge in [0.1, 0.15) is 17.5 Å². The van der Waals surface area contributed by atoms with Gasteiger partial charge in [-0.3, -0.25) is 9.59 Å². The SMILES string of the molecule is CC(=O)O[C@@H]1C[C@]2(C)[C@@H]([C@H](C)/C=C/[C@H](C)C(C)C)CC[C@H]2[C@@H]2C[C@H]3O[C@]34C[C@H](O)CC(=O)[C@]4(C)[C@H]21. The van der Waals surface area contributed by atoms with Gasteiger partial charge in [-0.15, -0.1) is 0 Å². The number of epoxide rings is 1. The second-order valence-electron chi connectivity index (χ2n) is 13.6. The molecule has 1 N–H and O–H groups in total. The van der Waals surface area contributed by atoms with E-state index in [1.807, 2.05) is 0 Å². The zero-order valence-electron chi connectivity index (χ0n) is 22.8.